The second-order valence-corrected chi connectivity index (χ2v) is 5.09. The predicted octanol–water partition coefficient (Wildman–Crippen LogP) is 2.45. The van der Waals surface area contributed by atoms with Crippen molar-refractivity contribution in [2.24, 2.45) is 0 Å². The number of aromatic nitrogens is 2. The van der Waals surface area contributed by atoms with Crippen molar-refractivity contribution in [2.75, 3.05) is 5.32 Å². The van der Waals surface area contributed by atoms with Crippen LogP contribution < -0.4 is 5.32 Å². The van der Waals surface area contributed by atoms with E-state index in [0.717, 1.165) is 0 Å². The van der Waals surface area contributed by atoms with Gasteiger partial charge in [0.25, 0.3) is 5.91 Å². The van der Waals surface area contributed by atoms with Gasteiger partial charge in [0, 0.05) is 18.0 Å². The second kappa shape index (κ2) is 7.06. The molecule has 0 aliphatic rings. The van der Waals surface area contributed by atoms with Crippen LogP contribution in [0.1, 0.15) is 34.7 Å². The summed E-state index contributed by atoms with van der Waals surface area (Å²) < 4.78 is 5.05. The number of pyridine rings is 1. The Balaban J connectivity index is 1.98. The largest absolute Gasteiger partial charge is 0.448 e. The minimum absolute atomic E-state index is 0.0919. The number of H-pyrrole nitrogens is 1. The van der Waals surface area contributed by atoms with Crippen LogP contribution in [-0.4, -0.2) is 33.7 Å². The normalized spacial score (nSPS) is 11.6. The number of aromatic amines is 1. The number of carbonyl (C=O) groups is 3. The molecule has 0 unspecified atom stereocenters. The van der Waals surface area contributed by atoms with Gasteiger partial charge in [-0.1, -0.05) is 11.6 Å². The third-order valence-electron chi connectivity index (χ3n) is 2.98. The highest BCUT2D eigenvalue weighted by Gasteiger charge is 2.21. The number of amides is 1. The molecule has 0 aliphatic carbocycles. The van der Waals surface area contributed by atoms with Gasteiger partial charge in [0.1, 0.15) is 5.69 Å². The Morgan fingerprint density at radius 3 is 2.74 bits per heavy atom. The molecule has 2 rings (SSSR count). The Hall–Kier alpha value is -2.67. The molecule has 1 atom stereocenters. The summed E-state index contributed by atoms with van der Waals surface area (Å²) in [7, 11) is 0. The third-order valence-corrected chi connectivity index (χ3v) is 3.28. The summed E-state index contributed by atoms with van der Waals surface area (Å²) in [6, 6.07) is 4.56. The third kappa shape index (κ3) is 4.17. The van der Waals surface area contributed by atoms with Crippen LogP contribution in [0.25, 0.3) is 0 Å². The maximum atomic E-state index is 12.0. The minimum Gasteiger partial charge on any atom is -0.448 e. The maximum absolute atomic E-state index is 12.0. The van der Waals surface area contributed by atoms with Gasteiger partial charge in [-0.05, 0) is 32.0 Å². The molecule has 0 bridgehead atoms. The topological polar surface area (TPSA) is 101 Å². The van der Waals surface area contributed by atoms with Gasteiger partial charge in [-0.2, -0.15) is 0 Å². The van der Waals surface area contributed by atoms with E-state index >= 15 is 0 Å². The molecule has 0 saturated carbocycles. The van der Waals surface area contributed by atoms with Crippen molar-refractivity contribution in [3.8, 4) is 0 Å². The van der Waals surface area contributed by atoms with Gasteiger partial charge in [0.2, 0.25) is 0 Å². The molecule has 2 aromatic rings. The molecule has 0 fully saturated rings. The van der Waals surface area contributed by atoms with Gasteiger partial charge in [-0.3, -0.25) is 9.59 Å². The molecule has 2 heterocycles. The molecule has 0 spiro atoms. The van der Waals surface area contributed by atoms with E-state index < -0.39 is 18.0 Å². The lowest BCUT2D eigenvalue weighted by Crippen LogP contribution is -2.30. The first-order chi connectivity index (χ1) is 10.9. The van der Waals surface area contributed by atoms with Gasteiger partial charge in [-0.25, -0.2) is 9.78 Å². The summed E-state index contributed by atoms with van der Waals surface area (Å²) in [5.41, 5.74) is 0.770. The van der Waals surface area contributed by atoms with Gasteiger partial charge in [0.15, 0.2) is 17.0 Å². The predicted molar refractivity (Wildman–Crippen MR) is 83.6 cm³/mol. The fourth-order valence-electron chi connectivity index (χ4n) is 1.71. The quantitative estimate of drug-likeness (QED) is 0.496. The Kier molecular flexibility index (Phi) is 5.13. The zero-order valence-electron chi connectivity index (χ0n) is 12.4. The van der Waals surface area contributed by atoms with Crippen LogP contribution in [0.3, 0.4) is 0 Å². The number of hydrogen-bond donors (Lipinski definition) is 2. The maximum Gasteiger partial charge on any atom is 0.355 e. The number of hydrogen-bond acceptors (Lipinski definition) is 5. The molecule has 2 aromatic heterocycles. The van der Waals surface area contributed by atoms with Crippen LogP contribution in [0, 0.1) is 0 Å². The monoisotopic (exact) mass is 335 g/mol. The van der Waals surface area contributed by atoms with Crippen molar-refractivity contribution in [1.82, 2.24) is 9.97 Å². The molecule has 8 heteroatoms. The fourth-order valence-corrected chi connectivity index (χ4v) is 1.87. The fraction of sp³-hybridized carbons (Fsp3) is 0.200. The number of ketones is 1. The molecule has 120 valence electrons. The van der Waals surface area contributed by atoms with E-state index in [4.69, 9.17) is 16.3 Å². The number of ether oxygens (including phenoxy) is 1. The van der Waals surface area contributed by atoms with E-state index in [1.165, 1.54) is 32.3 Å². The highest BCUT2D eigenvalue weighted by Crippen LogP contribution is 2.18. The number of halogens is 1. The lowest BCUT2D eigenvalue weighted by atomic mass is 10.2. The number of anilines is 1. The first-order valence-electron chi connectivity index (χ1n) is 6.70. The number of Topliss-reactive ketones (excluding diaryl/α,β-unsaturated/α-hetero) is 1. The first kappa shape index (κ1) is 16.7. The average molecular weight is 336 g/mol. The first-order valence-corrected chi connectivity index (χ1v) is 7.08. The summed E-state index contributed by atoms with van der Waals surface area (Å²) in [4.78, 5) is 41.6. The summed E-state index contributed by atoms with van der Waals surface area (Å²) >= 11 is 5.84. The van der Waals surface area contributed by atoms with Crippen molar-refractivity contribution in [2.45, 2.75) is 20.0 Å². The van der Waals surface area contributed by atoms with E-state index in [9.17, 15) is 14.4 Å². The Morgan fingerprint density at radius 2 is 2.13 bits per heavy atom. The molecule has 2 N–H and O–H groups in total. The van der Waals surface area contributed by atoms with Crippen LogP contribution in [0.15, 0.2) is 30.6 Å². The molecular weight excluding hydrogens is 322 g/mol. The Morgan fingerprint density at radius 1 is 1.39 bits per heavy atom. The number of esters is 1. The molecule has 7 nitrogen and oxygen atoms in total. The average Bonchev–Trinajstić information content (AvgIpc) is 2.99. The van der Waals surface area contributed by atoms with E-state index in [2.05, 4.69) is 15.3 Å². The molecule has 0 aromatic carbocycles. The summed E-state index contributed by atoms with van der Waals surface area (Å²) in [5, 5.41) is 2.65. The lowest BCUT2D eigenvalue weighted by Gasteiger charge is -2.13. The van der Waals surface area contributed by atoms with E-state index in [1.807, 2.05) is 0 Å². The molecule has 23 heavy (non-hydrogen) atoms. The number of nitrogens with zero attached hydrogens (tertiary/aromatic N) is 1. The minimum atomic E-state index is -1.05. The SMILES string of the molecule is CC(=O)c1c[nH]c(C(=O)O[C@@H](C)C(=O)Nc2cccnc2Cl)c1. The van der Waals surface area contributed by atoms with Gasteiger partial charge in [-0.15, -0.1) is 0 Å². The molecule has 0 aliphatic heterocycles. The van der Waals surface area contributed by atoms with Gasteiger partial charge >= 0.3 is 5.97 Å². The van der Waals surface area contributed by atoms with Crippen molar-refractivity contribution >= 4 is 34.9 Å². The van der Waals surface area contributed by atoms with Crippen molar-refractivity contribution in [1.29, 1.82) is 0 Å². The smallest absolute Gasteiger partial charge is 0.355 e. The number of nitrogens with one attached hydrogen (secondary N) is 2. The van der Waals surface area contributed by atoms with Crippen molar-refractivity contribution in [3.05, 3.63) is 47.0 Å². The van der Waals surface area contributed by atoms with E-state index in [-0.39, 0.29) is 16.6 Å². The van der Waals surface area contributed by atoms with Crippen molar-refractivity contribution < 1.29 is 19.1 Å². The summed E-state index contributed by atoms with van der Waals surface area (Å²) in [5.74, 6) is -1.47. The Bertz CT molecular complexity index is 757. The summed E-state index contributed by atoms with van der Waals surface area (Å²) in [6.07, 6.45) is 1.83. The second-order valence-electron chi connectivity index (χ2n) is 4.74. The highest BCUT2D eigenvalue weighted by molar-refractivity contribution is 6.32. The highest BCUT2D eigenvalue weighted by atomic mass is 35.5. The zero-order chi connectivity index (χ0) is 17.0. The number of rotatable bonds is 5. The van der Waals surface area contributed by atoms with Gasteiger partial charge in [0.05, 0.1) is 5.69 Å². The lowest BCUT2D eigenvalue weighted by molar-refractivity contribution is -0.123. The van der Waals surface area contributed by atoms with Crippen LogP contribution in [0.2, 0.25) is 5.15 Å². The molecular formula is C15H14ClN3O4. The van der Waals surface area contributed by atoms with Crippen LogP contribution in [0.5, 0.6) is 0 Å². The van der Waals surface area contributed by atoms with E-state index in [1.54, 1.807) is 12.1 Å². The van der Waals surface area contributed by atoms with Crippen molar-refractivity contribution in [3.63, 3.8) is 0 Å². The Labute approximate surface area is 137 Å². The number of carbonyl (C=O) groups excluding carboxylic acids is 3. The molecule has 0 saturated heterocycles. The molecule has 0 radical (unpaired) electrons. The zero-order valence-corrected chi connectivity index (χ0v) is 13.2. The van der Waals surface area contributed by atoms with Gasteiger partial charge < -0.3 is 15.0 Å². The van der Waals surface area contributed by atoms with Crippen LogP contribution >= 0.6 is 11.6 Å². The van der Waals surface area contributed by atoms with E-state index in [0.29, 0.717) is 11.3 Å². The van der Waals surface area contributed by atoms with Crippen LogP contribution in [0.4, 0.5) is 5.69 Å². The molecule has 1 amide bonds. The summed E-state index contributed by atoms with van der Waals surface area (Å²) in [6.45, 7) is 2.80. The van der Waals surface area contributed by atoms with Crippen LogP contribution in [-0.2, 0) is 9.53 Å². The standard InChI is InChI=1S/C15H14ClN3O4/c1-8(20)10-6-12(18-7-10)15(22)23-9(2)14(21)19-11-4-3-5-17-13(11)16/h3-7,9,18H,1-2H3,(H,19,21)/t9-/m0/s1.